The van der Waals surface area contributed by atoms with E-state index in [0.717, 1.165) is 0 Å². The average molecular weight is 288 g/mol. The molecule has 0 spiro atoms. The Kier molecular flexibility index (Phi) is 4.61. The van der Waals surface area contributed by atoms with Crippen LogP contribution >= 0.6 is 0 Å². The van der Waals surface area contributed by atoms with Crippen molar-refractivity contribution in [1.29, 1.82) is 0 Å². The van der Waals surface area contributed by atoms with Crippen LogP contribution in [0, 0.1) is 5.82 Å². The Balaban J connectivity index is 1.96. The number of amides is 1. The van der Waals surface area contributed by atoms with E-state index in [9.17, 15) is 14.0 Å². The topological polar surface area (TPSA) is 68.3 Å². The number of aromatic nitrogens is 1. The van der Waals surface area contributed by atoms with Gasteiger partial charge < -0.3 is 10.1 Å². The van der Waals surface area contributed by atoms with Crippen molar-refractivity contribution in [3.8, 4) is 0 Å². The van der Waals surface area contributed by atoms with Crippen molar-refractivity contribution < 1.29 is 18.7 Å². The summed E-state index contributed by atoms with van der Waals surface area (Å²) in [4.78, 5) is 27.0. The van der Waals surface area contributed by atoms with Gasteiger partial charge in [-0.3, -0.25) is 4.79 Å². The van der Waals surface area contributed by atoms with Crippen LogP contribution < -0.4 is 5.32 Å². The van der Waals surface area contributed by atoms with Crippen LogP contribution in [0.1, 0.15) is 15.9 Å². The molecule has 0 atom stereocenters. The van der Waals surface area contributed by atoms with E-state index in [4.69, 9.17) is 0 Å². The van der Waals surface area contributed by atoms with Gasteiger partial charge in [0.05, 0.1) is 19.1 Å². The first-order valence-corrected chi connectivity index (χ1v) is 6.17. The molecule has 2 aromatic rings. The van der Waals surface area contributed by atoms with E-state index in [1.165, 1.54) is 37.6 Å². The fourth-order valence-electron chi connectivity index (χ4n) is 1.68. The highest BCUT2D eigenvalue weighted by molar-refractivity contribution is 5.92. The normalized spacial score (nSPS) is 10.0. The molecule has 0 aliphatic rings. The predicted molar refractivity (Wildman–Crippen MR) is 74.3 cm³/mol. The maximum atomic E-state index is 12.8. The van der Waals surface area contributed by atoms with Gasteiger partial charge in [0, 0.05) is 6.20 Å². The Morgan fingerprint density at radius 2 is 1.90 bits per heavy atom. The first-order chi connectivity index (χ1) is 10.1. The minimum absolute atomic E-state index is 0.112. The molecule has 1 heterocycles. The van der Waals surface area contributed by atoms with Gasteiger partial charge >= 0.3 is 5.97 Å². The summed E-state index contributed by atoms with van der Waals surface area (Å²) in [5.74, 6) is -0.791. The third-order valence-corrected chi connectivity index (χ3v) is 2.73. The summed E-state index contributed by atoms with van der Waals surface area (Å²) in [6.45, 7) is 0. The van der Waals surface area contributed by atoms with Crippen molar-refractivity contribution in [1.82, 2.24) is 4.98 Å². The van der Waals surface area contributed by atoms with Crippen molar-refractivity contribution >= 4 is 17.7 Å². The molecular weight excluding hydrogens is 275 g/mol. The van der Waals surface area contributed by atoms with Crippen LogP contribution in [0.2, 0.25) is 0 Å². The minimum Gasteiger partial charge on any atom is -0.465 e. The number of carbonyl (C=O) groups is 2. The van der Waals surface area contributed by atoms with E-state index in [0.29, 0.717) is 16.9 Å². The smallest absolute Gasteiger partial charge is 0.339 e. The molecule has 21 heavy (non-hydrogen) atoms. The Bertz CT molecular complexity index is 639. The number of nitrogens with one attached hydrogen (secondary N) is 1. The largest absolute Gasteiger partial charge is 0.465 e. The predicted octanol–water partition coefficient (Wildman–Crippen LogP) is 2.19. The number of halogens is 1. The lowest BCUT2D eigenvalue weighted by Gasteiger charge is -2.05. The molecule has 6 heteroatoms. The van der Waals surface area contributed by atoms with Crippen LogP contribution in [0.25, 0.3) is 0 Å². The molecule has 0 aliphatic heterocycles. The number of rotatable bonds is 4. The molecule has 0 bridgehead atoms. The van der Waals surface area contributed by atoms with Gasteiger partial charge in [0.2, 0.25) is 5.91 Å². The van der Waals surface area contributed by atoms with E-state index in [-0.39, 0.29) is 18.1 Å². The number of ether oxygens (including phenoxy) is 1. The molecule has 0 radical (unpaired) electrons. The molecule has 108 valence electrons. The molecule has 0 saturated carbocycles. The molecule has 5 nitrogen and oxygen atoms in total. The maximum Gasteiger partial charge on any atom is 0.339 e. The number of nitrogens with zero attached hydrogens (tertiary/aromatic N) is 1. The zero-order valence-corrected chi connectivity index (χ0v) is 11.3. The number of carbonyl (C=O) groups excluding carboxylic acids is 2. The average Bonchev–Trinajstić information content (AvgIpc) is 2.49. The van der Waals surface area contributed by atoms with E-state index in [2.05, 4.69) is 15.0 Å². The Morgan fingerprint density at radius 1 is 1.19 bits per heavy atom. The van der Waals surface area contributed by atoms with Gasteiger partial charge in [-0.15, -0.1) is 0 Å². The van der Waals surface area contributed by atoms with Gasteiger partial charge in [-0.2, -0.15) is 0 Å². The van der Waals surface area contributed by atoms with Crippen molar-refractivity contribution in [2.75, 3.05) is 12.4 Å². The quantitative estimate of drug-likeness (QED) is 0.876. The van der Waals surface area contributed by atoms with Gasteiger partial charge in [0.1, 0.15) is 11.6 Å². The monoisotopic (exact) mass is 288 g/mol. The second-order valence-electron chi connectivity index (χ2n) is 4.28. The second kappa shape index (κ2) is 6.60. The van der Waals surface area contributed by atoms with E-state index in [1.807, 2.05) is 0 Å². The van der Waals surface area contributed by atoms with E-state index in [1.54, 1.807) is 12.1 Å². The molecule has 0 saturated heterocycles. The van der Waals surface area contributed by atoms with Gasteiger partial charge in [0.15, 0.2) is 0 Å². The van der Waals surface area contributed by atoms with Crippen LogP contribution in [0.4, 0.5) is 10.2 Å². The molecule has 2 rings (SSSR count). The lowest BCUT2D eigenvalue weighted by Crippen LogP contribution is -2.15. The lowest BCUT2D eigenvalue weighted by atomic mass is 10.1. The molecule has 0 unspecified atom stereocenters. The molecule has 0 fully saturated rings. The summed E-state index contributed by atoms with van der Waals surface area (Å²) >= 11 is 0. The standard InChI is InChI=1S/C15H13FN2O3/c1-21-15(20)11-4-7-13(17-9-11)18-14(19)8-10-2-5-12(16)6-3-10/h2-7,9H,8H2,1H3,(H,17,18,19). The molecule has 0 aliphatic carbocycles. The fourth-order valence-corrected chi connectivity index (χ4v) is 1.68. The highest BCUT2D eigenvalue weighted by Gasteiger charge is 2.08. The van der Waals surface area contributed by atoms with Gasteiger partial charge in [-0.25, -0.2) is 14.2 Å². The summed E-state index contributed by atoms with van der Waals surface area (Å²) in [5, 5.41) is 2.59. The number of methoxy groups -OCH3 is 1. The minimum atomic E-state index is -0.494. The summed E-state index contributed by atoms with van der Waals surface area (Å²) in [6.07, 6.45) is 1.43. The summed E-state index contributed by atoms with van der Waals surface area (Å²) in [7, 11) is 1.28. The van der Waals surface area contributed by atoms with Crippen LogP contribution in [0.3, 0.4) is 0 Å². The lowest BCUT2D eigenvalue weighted by molar-refractivity contribution is -0.115. The summed E-state index contributed by atoms with van der Waals surface area (Å²) in [6, 6.07) is 8.70. The highest BCUT2D eigenvalue weighted by Crippen LogP contribution is 2.08. The first-order valence-electron chi connectivity index (χ1n) is 6.17. The number of hydrogen-bond donors (Lipinski definition) is 1. The van der Waals surface area contributed by atoms with E-state index >= 15 is 0 Å². The Labute approximate surface area is 120 Å². The summed E-state index contributed by atoms with van der Waals surface area (Å²) in [5.41, 5.74) is 0.995. The highest BCUT2D eigenvalue weighted by atomic mass is 19.1. The zero-order chi connectivity index (χ0) is 15.2. The van der Waals surface area contributed by atoms with Crippen molar-refractivity contribution in [2.24, 2.45) is 0 Å². The summed E-state index contributed by atoms with van der Waals surface area (Å²) < 4.78 is 17.3. The molecule has 1 aromatic heterocycles. The van der Waals surface area contributed by atoms with Crippen molar-refractivity contribution in [2.45, 2.75) is 6.42 Å². The third kappa shape index (κ3) is 4.10. The number of pyridine rings is 1. The maximum absolute atomic E-state index is 12.8. The number of hydrogen-bond acceptors (Lipinski definition) is 4. The van der Waals surface area contributed by atoms with Crippen LogP contribution in [0.5, 0.6) is 0 Å². The molecule has 1 aromatic carbocycles. The Morgan fingerprint density at radius 3 is 2.48 bits per heavy atom. The van der Waals surface area contributed by atoms with Crippen LogP contribution in [-0.4, -0.2) is 24.0 Å². The van der Waals surface area contributed by atoms with Crippen molar-refractivity contribution in [3.05, 3.63) is 59.5 Å². The van der Waals surface area contributed by atoms with Crippen LogP contribution in [-0.2, 0) is 16.0 Å². The molecular formula is C15H13FN2O3. The first kappa shape index (κ1) is 14.6. The van der Waals surface area contributed by atoms with Crippen molar-refractivity contribution in [3.63, 3.8) is 0 Å². The molecule has 1 N–H and O–H groups in total. The zero-order valence-electron chi connectivity index (χ0n) is 11.3. The van der Waals surface area contributed by atoms with E-state index < -0.39 is 5.97 Å². The van der Waals surface area contributed by atoms with Crippen LogP contribution in [0.15, 0.2) is 42.6 Å². The van der Waals surface area contributed by atoms with Gasteiger partial charge in [0.25, 0.3) is 0 Å². The number of anilines is 1. The van der Waals surface area contributed by atoms with Gasteiger partial charge in [-0.1, -0.05) is 12.1 Å². The SMILES string of the molecule is COC(=O)c1ccc(NC(=O)Cc2ccc(F)cc2)nc1. The third-order valence-electron chi connectivity index (χ3n) is 2.73. The molecule has 1 amide bonds. The number of benzene rings is 1. The Hall–Kier alpha value is -2.76. The number of esters is 1. The van der Waals surface area contributed by atoms with Gasteiger partial charge in [-0.05, 0) is 29.8 Å². The second-order valence-corrected chi connectivity index (χ2v) is 4.28. The fraction of sp³-hybridized carbons (Fsp3) is 0.133.